The number of nitrogens with one attached hydrogen (secondary N) is 1. The predicted molar refractivity (Wildman–Crippen MR) is 70.1 cm³/mol. The van der Waals surface area contributed by atoms with Gasteiger partial charge >= 0.3 is 0 Å². The van der Waals surface area contributed by atoms with E-state index < -0.39 is 0 Å². The summed E-state index contributed by atoms with van der Waals surface area (Å²) in [6, 6.07) is 4.16. The summed E-state index contributed by atoms with van der Waals surface area (Å²) in [4.78, 5) is 12.1. The lowest BCUT2D eigenvalue weighted by Crippen LogP contribution is -2.31. The molecule has 1 heterocycles. The molecule has 0 saturated heterocycles. The molecule has 14 heavy (non-hydrogen) atoms. The molecule has 0 fully saturated rings. The Kier molecular flexibility index (Phi) is 7.52. The average Bonchev–Trinajstić information content (AvgIpc) is 2.51. The fourth-order valence-electron chi connectivity index (χ4n) is 0.883. The van der Waals surface area contributed by atoms with E-state index in [0.717, 1.165) is 6.42 Å². The Labute approximate surface area is 107 Å². The van der Waals surface area contributed by atoms with Crippen molar-refractivity contribution in [3.8, 4) is 0 Å². The van der Waals surface area contributed by atoms with Gasteiger partial charge in [0.2, 0.25) is 5.91 Å². The van der Waals surface area contributed by atoms with E-state index >= 15 is 0 Å². The van der Waals surface area contributed by atoms with Gasteiger partial charge in [-0.2, -0.15) is 0 Å². The van der Waals surface area contributed by atoms with Crippen LogP contribution in [-0.4, -0.2) is 19.0 Å². The molecule has 0 saturated carbocycles. The summed E-state index contributed by atoms with van der Waals surface area (Å²) in [6.45, 7) is 0.745. The van der Waals surface area contributed by atoms with Crippen LogP contribution in [0.4, 0.5) is 0 Å². The first-order valence-corrected chi connectivity index (χ1v) is 5.83. The molecule has 0 radical (unpaired) electrons. The van der Waals surface area contributed by atoms with Crippen LogP contribution in [0.2, 0.25) is 0 Å². The molecule has 0 unspecified atom stereocenters. The molecule has 1 aromatic rings. The number of halogens is 2. The van der Waals surface area contributed by atoms with E-state index in [0.29, 0.717) is 6.54 Å². The molecule has 0 aliphatic rings. The summed E-state index contributed by atoms with van der Waals surface area (Å²) in [7, 11) is 0. The van der Waals surface area contributed by atoms with E-state index in [1.807, 2.05) is 0 Å². The summed E-state index contributed by atoms with van der Waals surface area (Å²) in [5, 5.41) is 2.73. The third-order valence-electron chi connectivity index (χ3n) is 1.51. The van der Waals surface area contributed by atoms with Gasteiger partial charge in [0, 0.05) is 11.4 Å². The fourth-order valence-corrected chi connectivity index (χ4v) is 2.64. The highest BCUT2D eigenvalue weighted by molar-refractivity contribution is 14.1. The van der Waals surface area contributed by atoms with Gasteiger partial charge in [-0.05, 0) is 41.1 Å². The molecule has 0 bridgehead atoms. The number of hydrogen-bond acceptors (Lipinski definition) is 3. The maximum absolute atomic E-state index is 10.8. The van der Waals surface area contributed by atoms with Crippen molar-refractivity contribution in [2.24, 2.45) is 5.73 Å². The minimum absolute atomic E-state index is 0. The van der Waals surface area contributed by atoms with Crippen molar-refractivity contribution in [3.63, 3.8) is 0 Å². The van der Waals surface area contributed by atoms with Crippen molar-refractivity contribution >= 4 is 52.2 Å². The van der Waals surface area contributed by atoms with Gasteiger partial charge in [0.1, 0.15) is 0 Å². The lowest BCUT2D eigenvalue weighted by molar-refractivity contribution is -0.119. The average molecular weight is 347 g/mol. The van der Waals surface area contributed by atoms with E-state index in [-0.39, 0.29) is 24.9 Å². The van der Waals surface area contributed by atoms with Crippen LogP contribution in [0.25, 0.3) is 0 Å². The standard InChI is InChI=1S/C8H11IN2OS.ClH/c9-7-2-1-6(13-7)3-4-11-8(12)5-10;/h1-2H,3-5,10H2,(H,11,12);1H. The van der Waals surface area contributed by atoms with E-state index in [1.165, 1.54) is 7.76 Å². The van der Waals surface area contributed by atoms with Crippen LogP contribution in [0.1, 0.15) is 4.88 Å². The van der Waals surface area contributed by atoms with Gasteiger partial charge in [-0.25, -0.2) is 0 Å². The van der Waals surface area contributed by atoms with E-state index in [4.69, 9.17) is 5.73 Å². The minimum Gasteiger partial charge on any atom is -0.355 e. The lowest BCUT2D eigenvalue weighted by atomic mass is 10.3. The van der Waals surface area contributed by atoms with E-state index in [1.54, 1.807) is 11.3 Å². The molecule has 1 amide bonds. The molecule has 0 aromatic carbocycles. The summed E-state index contributed by atoms with van der Waals surface area (Å²) in [5.41, 5.74) is 5.14. The van der Waals surface area contributed by atoms with Crippen molar-refractivity contribution in [2.75, 3.05) is 13.1 Å². The van der Waals surface area contributed by atoms with Crippen molar-refractivity contribution in [2.45, 2.75) is 6.42 Å². The largest absolute Gasteiger partial charge is 0.355 e. The second-order valence-corrected chi connectivity index (χ2v) is 5.57. The van der Waals surface area contributed by atoms with Crippen molar-refractivity contribution in [1.82, 2.24) is 5.32 Å². The van der Waals surface area contributed by atoms with Crippen LogP contribution >= 0.6 is 46.3 Å². The number of carbonyl (C=O) groups is 1. The van der Waals surface area contributed by atoms with Gasteiger partial charge in [0.25, 0.3) is 0 Å². The molecule has 0 aliphatic carbocycles. The highest BCUT2D eigenvalue weighted by Crippen LogP contribution is 2.18. The summed E-state index contributed by atoms with van der Waals surface area (Å²) in [5.74, 6) is -0.0914. The Bertz CT molecular complexity index is 293. The molecule has 0 atom stereocenters. The zero-order chi connectivity index (χ0) is 9.68. The lowest BCUT2D eigenvalue weighted by Gasteiger charge is -2.00. The number of amides is 1. The van der Waals surface area contributed by atoms with Gasteiger partial charge in [-0.3, -0.25) is 4.79 Å². The van der Waals surface area contributed by atoms with E-state index in [9.17, 15) is 4.79 Å². The topological polar surface area (TPSA) is 55.1 Å². The Morgan fingerprint density at radius 1 is 1.57 bits per heavy atom. The normalized spacial score (nSPS) is 9.29. The fraction of sp³-hybridized carbons (Fsp3) is 0.375. The maximum Gasteiger partial charge on any atom is 0.233 e. The second kappa shape index (κ2) is 7.44. The third kappa shape index (κ3) is 5.14. The van der Waals surface area contributed by atoms with Gasteiger partial charge in [0.15, 0.2) is 0 Å². The van der Waals surface area contributed by atoms with Crippen LogP contribution in [0.15, 0.2) is 12.1 Å². The SMILES string of the molecule is Cl.NCC(=O)NCCc1ccc(I)s1. The van der Waals surface area contributed by atoms with Gasteiger partial charge in [-0.15, -0.1) is 23.7 Å². The summed E-state index contributed by atoms with van der Waals surface area (Å²) >= 11 is 4.04. The van der Waals surface area contributed by atoms with Crippen molar-refractivity contribution in [1.29, 1.82) is 0 Å². The zero-order valence-electron chi connectivity index (χ0n) is 7.46. The molecule has 80 valence electrons. The van der Waals surface area contributed by atoms with Crippen LogP contribution in [0.5, 0.6) is 0 Å². The first kappa shape index (κ1) is 14.2. The number of hydrogen-bond donors (Lipinski definition) is 2. The van der Waals surface area contributed by atoms with Crippen LogP contribution in [-0.2, 0) is 11.2 Å². The Balaban J connectivity index is 0.00000169. The molecule has 1 rings (SSSR count). The summed E-state index contributed by atoms with van der Waals surface area (Å²) < 4.78 is 1.28. The van der Waals surface area contributed by atoms with Crippen molar-refractivity contribution < 1.29 is 4.79 Å². The molecule has 6 heteroatoms. The highest BCUT2D eigenvalue weighted by atomic mass is 127. The number of rotatable bonds is 4. The molecule has 1 aromatic heterocycles. The minimum atomic E-state index is -0.0914. The van der Waals surface area contributed by atoms with Gasteiger partial charge in [0.05, 0.1) is 9.43 Å². The second-order valence-electron chi connectivity index (χ2n) is 2.51. The third-order valence-corrected chi connectivity index (χ3v) is 3.46. The predicted octanol–water partition coefficient (Wildman–Crippen LogP) is 1.39. The Morgan fingerprint density at radius 3 is 2.79 bits per heavy atom. The molecule has 3 nitrogen and oxygen atoms in total. The maximum atomic E-state index is 10.8. The number of nitrogens with two attached hydrogens (primary N) is 1. The van der Waals surface area contributed by atoms with Gasteiger partial charge < -0.3 is 11.1 Å². The van der Waals surface area contributed by atoms with Crippen LogP contribution < -0.4 is 11.1 Å². The smallest absolute Gasteiger partial charge is 0.233 e. The zero-order valence-corrected chi connectivity index (χ0v) is 11.2. The first-order chi connectivity index (χ1) is 6.22. The van der Waals surface area contributed by atoms with Crippen molar-refractivity contribution in [3.05, 3.63) is 19.9 Å². The monoisotopic (exact) mass is 346 g/mol. The Morgan fingerprint density at radius 2 is 2.29 bits per heavy atom. The molecule has 3 N–H and O–H groups in total. The Hall–Kier alpha value is 0.150. The van der Waals surface area contributed by atoms with E-state index in [2.05, 4.69) is 40.0 Å². The molecular formula is C8H12ClIN2OS. The first-order valence-electron chi connectivity index (χ1n) is 3.93. The highest BCUT2D eigenvalue weighted by Gasteiger charge is 1.99. The number of carbonyl (C=O) groups excluding carboxylic acids is 1. The van der Waals surface area contributed by atoms with Gasteiger partial charge in [-0.1, -0.05) is 0 Å². The molecular weight excluding hydrogens is 335 g/mol. The summed E-state index contributed by atoms with van der Waals surface area (Å²) in [6.07, 6.45) is 0.888. The van der Waals surface area contributed by atoms with Crippen LogP contribution in [0, 0.1) is 2.88 Å². The quantitative estimate of drug-likeness (QED) is 0.810. The molecule has 0 spiro atoms. The molecule has 0 aliphatic heterocycles. The van der Waals surface area contributed by atoms with Crippen LogP contribution in [0.3, 0.4) is 0 Å². The number of thiophene rings is 1.